The van der Waals surface area contributed by atoms with Crippen LogP contribution in [0.25, 0.3) is 0 Å². The second kappa shape index (κ2) is 4.32. The Labute approximate surface area is 55.0 Å². The van der Waals surface area contributed by atoms with Crippen molar-refractivity contribution in [2.24, 2.45) is 0 Å². The summed E-state index contributed by atoms with van der Waals surface area (Å²) in [6.07, 6.45) is -0.690. The van der Waals surface area contributed by atoms with Gasteiger partial charge in [-0.1, -0.05) is 0 Å². The number of carbonyl (C=O) groups excluding carboxylic acids is 1. The van der Waals surface area contributed by atoms with Crippen molar-refractivity contribution in [3.05, 3.63) is 6.92 Å². The lowest BCUT2D eigenvalue weighted by atomic mass is 10.4. The van der Waals surface area contributed by atoms with Crippen LogP contribution in [-0.2, 0) is 14.3 Å². The molecule has 0 spiro atoms. The molecule has 0 heterocycles. The number of hydrogen-bond acceptors (Lipinski definition) is 3. The smallest absolute Gasteiger partial charge is 0.335 e. The van der Waals surface area contributed by atoms with Gasteiger partial charge < -0.3 is 9.47 Å². The molecule has 0 rings (SSSR count). The van der Waals surface area contributed by atoms with Crippen molar-refractivity contribution in [1.82, 2.24) is 0 Å². The van der Waals surface area contributed by atoms with Crippen LogP contribution in [0.3, 0.4) is 0 Å². The topological polar surface area (TPSA) is 35.5 Å². The summed E-state index contributed by atoms with van der Waals surface area (Å²) in [5.41, 5.74) is 0. The van der Waals surface area contributed by atoms with Crippen LogP contribution in [0.2, 0.25) is 0 Å². The summed E-state index contributed by atoms with van der Waals surface area (Å²) < 4.78 is 9.15. The number of ether oxygens (including phenoxy) is 2. The summed E-state index contributed by atoms with van der Waals surface area (Å²) in [4.78, 5) is 10.6. The third-order valence-corrected chi connectivity index (χ3v) is 0.834. The van der Waals surface area contributed by atoms with Gasteiger partial charge in [-0.3, -0.25) is 0 Å². The van der Waals surface area contributed by atoms with Gasteiger partial charge in [-0.25, -0.2) is 4.79 Å². The van der Waals surface area contributed by atoms with Crippen LogP contribution in [-0.4, -0.2) is 25.8 Å². The molecule has 0 amide bonds. The maximum atomic E-state index is 10.6. The van der Waals surface area contributed by atoms with E-state index in [1.165, 1.54) is 7.11 Å². The predicted octanol–water partition coefficient (Wildman–Crippen LogP) is 0.399. The molecule has 0 fully saturated rings. The number of hydrogen-bond donors (Lipinski definition) is 0. The summed E-state index contributed by atoms with van der Waals surface area (Å²) in [7, 11) is 1.41. The molecule has 0 aliphatic rings. The molecule has 1 unspecified atom stereocenters. The van der Waals surface area contributed by atoms with Crippen LogP contribution in [0.15, 0.2) is 0 Å². The van der Waals surface area contributed by atoms with E-state index in [1.807, 2.05) is 0 Å². The molecule has 9 heavy (non-hydrogen) atoms. The summed E-state index contributed by atoms with van der Waals surface area (Å²) in [6.45, 7) is 5.48. The van der Waals surface area contributed by atoms with Gasteiger partial charge in [-0.05, 0) is 13.8 Å². The molecule has 0 saturated carbocycles. The van der Waals surface area contributed by atoms with E-state index in [9.17, 15) is 4.79 Å². The molecule has 0 aliphatic carbocycles. The first-order valence-electron chi connectivity index (χ1n) is 2.74. The molecule has 0 N–H and O–H groups in total. The fourth-order valence-corrected chi connectivity index (χ4v) is 0.331. The van der Waals surface area contributed by atoms with Crippen molar-refractivity contribution in [2.45, 2.75) is 13.0 Å². The quantitative estimate of drug-likeness (QED) is 0.520. The van der Waals surface area contributed by atoms with Gasteiger partial charge in [-0.15, -0.1) is 0 Å². The van der Waals surface area contributed by atoms with Crippen LogP contribution in [0.4, 0.5) is 0 Å². The molecule has 0 bridgehead atoms. The molecule has 3 heteroatoms. The molecular weight excluding hydrogens is 120 g/mol. The maximum Gasteiger partial charge on any atom is 0.335 e. The zero-order chi connectivity index (χ0) is 7.28. The van der Waals surface area contributed by atoms with Crippen LogP contribution < -0.4 is 0 Å². The summed E-state index contributed by atoms with van der Waals surface area (Å²) >= 11 is 0. The fourth-order valence-electron chi connectivity index (χ4n) is 0.331. The molecule has 1 atom stereocenters. The second-order valence-electron chi connectivity index (χ2n) is 1.48. The summed E-state index contributed by atoms with van der Waals surface area (Å²) in [5.74, 6) is -0.417. The van der Waals surface area contributed by atoms with Crippen LogP contribution in [0.1, 0.15) is 6.92 Å². The van der Waals surface area contributed by atoms with E-state index >= 15 is 0 Å². The minimum atomic E-state index is -0.690. The van der Waals surface area contributed by atoms with Gasteiger partial charge in [0, 0.05) is 7.11 Å². The first kappa shape index (κ1) is 8.43. The molecular formula is C6H11O3. The zero-order valence-electron chi connectivity index (χ0n) is 5.72. The summed E-state index contributed by atoms with van der Waals surface area (Å²) in [5, 5.41) is 0. The Morgan fingerprint density at radius 2 is 2.33 bits per heavy atom. The Morgan fingerprint density at radius 1 is 1.78 bits per heavy atom. The van der Waals surface area contributed by atoms with Gasteiger partial charge >= 0.3 is 5.97 Å². The van der Waals surface area contributed by atoms with Crippen LogP contribution in [0, 0.1) is 6.92 Å². The number of rotatable bonds is 3. The van der Waals surface area contributed by atoms with Gasteiger partial charge in [0.1, 0.15) is 0 Å². The molecule has 0 aromatic rings. The number of methoxy groups -OCH3 is 1. The Morgan fingerprint density at radius 3 is 2.67 bits per heavy atom. The van der Waals surface area contributed by atoms with Gasteiger partial charge in [0.05, 0.1) is 6.61 Å². The highest BCUT2D eigenvalue weighted by molar-refractivity contribution is 5.75. The molecule has 0 saturated heterocycles. The van der Waals surface area contributed by atoms with Crippen molar-refractivity contribution >= 4 is 5.97 Å². The lowest BCUT2D eigenvalue weighted by Gasteiger charge is -2.06. The molecule has 0 aliphatic heterocycles. The predicted molar refractivity (Wildman–Crippen MR) is 32.8 cm³/mol. The van der Waals surface area contributed by atoms with Gasteiger partial charge in [0.15, 0.2) is 6.10 Å². The number of esters is 1. The fraction of sp³-hybridized carbons (Fsp3) is 0.667. The van der Waals surface area contributed by atoms with Gasteiger partial charge in [0.2, 0.25) is 0 Å². The van der Waals surface area contributed by atoms with Crippen molar-refractivity contribution in [3.63, 3.8) is 0 Å². The Kier molecular flexibility index (Phi) is 4.05. The highest BCUT2D eigenvalue weighted by atomic mass is 16.6. The van der Waals surface area contributed by atoms with Crippen molar-refractivity contribution in [2.75, 3.05) is 13.7 Å². The SMILES string of the molecule is [CH2]C(OC)C(=O)OCC. The molecule has 0 aromatic carbocycles. The standard InChI is InChI=1S/C6H11O3/c1-4-9-6(7)5(2)8-3/h5H,2,4H2,1,3H3. The Balaban J connectivity index is 3.46. The first-order valence-corrected chi connectivity index (χ1v) is 2.74. The molecule has 3 nitrogen and oxygen atoms in total. The molecule has 1 radical (unpaired) electrons. The first-order chi connectivity index (χ1) is 4.22. The minimum Gasteiger partial charge on any atom is -0.464 e. The molecule has 53 valence electrons. The monoisotopic (exact) mass is 131 g/mol. The highest BCUT2D eigenvalue weighted by Crippen LogP contribution is 1.89. The third-order valence-electron chi connectivity index (χ3n) is 0.834. The average Bonchev–Trinajstić information content (AvgIpc) is 1.87. The van der Waals surface area contributed by atoms with Gasteiger partial charge in [0.25, 0.3) is 0 Å². The summed E-state index contributed by atoms with van der Waals surface area (Å²) in [6, 6.07) is 0. The molecule has 0 aromatic heterocycles. The van der Waals surface area contributed by atoms with E-state index in [2.05, 4.69) is 16.4 Å². The van der Waals surface area contributed by atoms with Crippen LogP contribution >= 0.6 is 0 Å². The van der Waals surface area contributed by atoms with Crippen molar-refractivity contribution in [1.29, 1.82) is 0 Å². The number of carbonyl (C=O) groups is 1. The Hall–Kier alpha value is -0.570. The van der Waals surface area contributed by atoms with E-state index in [0.29, 0.717) is 6.61 Å². The van der Waals surface area contributed by atoms with E-state index in [4.69, 9.17) is 0 Å². The average molecular weight is 131 g/mol. The van der Waals surface area contributed by atoms with E-state index < -0.39 is 12.1 Å². The van der Waals surface area contributed by atoms with E-state index in [0.717, 1.165) is 0 Å². The van der Waals surface area contributed by atoms with Crippen molar-refractivity contribution < 1.29 is 14.3 Å². The van der Waals surface area contributed by atoms with Crippen LogP contribution in [0.5, 0.6) is 0 Å². The largest absolute Gasteiger partial charge is 0.464 e. The minimum absolute atomic E-state index is 0.369. The lowest BCUT2D eigenvalue weighted by molar-refractivity contribution is -0.152. The normalized spacial score (nSPS) is 12.8. The highest BCUT2D eigenvalue weighted by Gasteiger charge is 2.10. The maximum absolute atomic E-state index is 10.6. The Bertz CT molecular complexity index is 90.3. The zero-order valence-corrected chi connectivity index (χ0v) is 5.72. The lowest BCUT2D eigenvalue weighted by Crippen LogP contribution is -2.21. The van der Waals surface area contributed by atoms with E-state index in [-0.39, 0.29) is 0 Å². The van der Waals surface area contributed by atoms with Crippen molar-refractivity contribution in [3.8, 4) is 0 Å². The third kappa shape index (κ3) is 3.08. The van der Waals surface area contributed by atoms with Gasteiger partial charge in [-0.2, -0.15) is 0 Å². The van der Waals surface area contributed by atoms with E-state index in [1.54, 1.807) is 6.92 Å². The second-order valence-corrected chi connectivity index (χ2v) is 1.48.